The zero-order valence-corrected chi connectivity index (χ0v) is 21.4. The molecule has 2 aromatic carbocycles. The van der Waals surface area contributed by atoms with E-state index in [1.165, 1.54) is 57.3 Å². The highest BCUT2D eigenvalue weighted by Crippen LogP contribution is 2.33. The summed E-state index contributed by atoms with van der Waals surface area (Å²) >= 11 is 6.27. The predicted molar refractivity (Wildman–Crippen MR) is 138 cm³/mol. The van der Waals surface area contributed by atoms with Gasteiger partial charge in [-0.1, -0.05) is 22.8 Å². The highest BCUT2D eigenvalue weighted by atomic mass is 35.5. The van der Waals surface area contributed by atoms with Crippen molar-refractivity contribution in [3.63, 3.8) is 0 Å². The number of likely N-dealkylation sites (tertiary alicyclic amines) is 1. The summed E-state index contributed by atoms with van der Waals surface area (Å²) in [5, 5.41) is 12.1. The molecule has 0 bridgehead atoms. The van der Waals surface area contributed by atoms with Crippen LogP contribution in [0.25, 0.3) is 11.0 Å². The van der Waals surface area contributed by atoms with Gasteiger partial charge >= 0.3 is 6.18 Å². The number of hydrogen-bond donors (Lipinski definition) is 2. The molecule has 1 aliphatic heterocycles. The fraction of sp³-hybridized carbons (Fsp3) is 0.407. The highest BCUT2D eigenvalue weighted by Gasteiger charge is 2.31. The molecule has 2 aliphatic rings. The molecule has 0 radical (unpaired) electrons. The maximum absolute atomic E-state index is 12.5. The molecule has 1 saturated carbocycles. The summed E-state index contributed by atoms with van der Waals surface area (Å²) in [6.45, 7) is 3.79. The number of amides is 1. The number of carbonyl (C=O) groups excluding carboxylic acids is 1. The van der Waals surface area contributed by atoms with E-state index in [4.69, 9.17) is 31.7 Å². The van der Waals surface area contributed by atoms with E-state index in [0.29, 0.717) is 6.10 Å². The Morgan fingerprint density at radius 1 is 1.16 bits per heavy atom. The second kappa shape index (κ2) is 12.1. The molecule has 1 amide bonds. The van der Waals surface area contributed by atoms with Crippen molar-refractivity contribution in [3.8, 4) is 5.75 Å². The van der Waals surface area contributed by atoms with E-state index in [1.54, 1.807) is 0 Å². The molecule has 38 heavy (non-hydrogen) atoms. The molecule has 0 spiro atoms. The first-order valence-corrected chi connectivity index (χ1v) is 12.8. The van der Waals surface area contributed by atoms with Crippen LogP contribution < -0.4 is 10.5 Å². The van der Waals surface area contributed by atoms with E-state index in [9.17, 15) is 18.0 Å². The van der Waals surface area contributed by atoms with Crippen molar-refractivity contribution in [2.24, 2.45) is 10.9 Å². The van der Waals surface area contributed by atoms with Gasteiger partial charge in [-0.25, -0.2) is 0 Å². The van der Waals surface area contributed by atoms with Gasteiger partial charge in [0.05, 0.1) is 16.7 Å². The van der Waals surface area contributed by atoms with Crippen molar-refractivity contribution in [1.29, 1.82) is 0 Å². The Morgan fingerprint density at radius 3 is 2.50 bits per heavy atom. The van der Waals surface area contributed by atoms with Crippen molar-refractivity contribution in [2.75, 3.05) is 19.6 Å². The van der Waals surface area contributed by atoms with E-state index in [2.05, 4.69) is 22.2 Å². The fourth-order valence-corrected chi connectivity index (χ4v) is 4.48. The van der Waals surface area contributed by atoms with Crippen LogP contribution in [0.1, 0.15) is 49.0 Å². The number of primary amides is 1. The Morgan fingerprint density at radius 2 is 1.89 bits per heavy atom. The van der Waals surface area contributed by atoms with E-state index < -0.39 is 23.4 Å². The molecule has 5 rings (SSSR count). The maximum atomic E-state index is 12.5. The Kier molecular flexibility index (Phi) is 8.83. The smallest absolute Gasteiger partial charge is 0.416 e. The van der Waals surface area contributed by atoms with Crippen molar-refractivity contribution in [1.82, 2.24) is 4.90 Å². The molecule has 3 N–H and O–H groups in total. The van der Waals surface area contributed by atoms with Gasteiger partial charge < -0.3 is 25.0 Å². The topological polar surface area (TPSA) is 101 Å². The lowest BCUT2D eigenvalue weighted by atomic mass is 10.1. The molecular weight excluding hydrogens is 523 g/mol. The van der Waals surface area contributed by atoms with Gasteiger partial charge in [0.15, 0.2) is 5.76 Å². The summed E-state index contributed by atoms with van der Waals surface area (Å²) in [7, 11) is 0. The van der Waals surface area contributed by atoms with Crippen molar-refractivity contribution < 1.29 is 32.3 Å². The van der Waals surface area contributed by atoms with E-state index in [1.807, 2.05) is 6.07 Å². The Labute approximate surface area is 223 Å². The van der Waals surface area contributed by atoms with E-state index in [-0.39, 0.29) is 16.7 Å². The number of fused-ring (bicyclic) bond motifs is 1. The van der Waals surface area contributed by atoms with Gasteiger partial charge in [0, 0.05) is 5.39 Å². The van der Waals surface area contributed by atoms with Crippen LogP contribution in [0, 0.1) is 0 Å². The summed E-state index contributed by atoms with van der Waals surface area (Å²) < 4.78 is 48.4. The lowest BCUT2D eigenvalue weighted by molar-refractivity contribution is -0.137. The highest BCUT2D eigenvalue weighted by molar-refractivity contribution is 6.44. The number of aryl methyl sites for hydroxylation is 1. The van der Waals surface area contributed by atoms with Crippen LogP contribution in [0.4, 0.5) is 13.2 Å². The standard InChI is InChI=1S/C16H22ClNO.C11H7F3N2O3/c17-15-12-13(4-3-11-18-9-1-2-10-18)5-8-16(15)19-14-6-7-14;12-11(13,14)6-1-2-7-5(3-6)4-8(19-7)9(16-18)10(15)17/h5,8,12,14H,1-4,6-7,9-11H2;1-4,18H,(H2,15,17)/b;16-9+. The van der Waals surface area contributed by atoms with Crippen molar-refractivity contribution >= 4 is 34.2 Å². The molecule has 7 nitrogen and oxygen atoms in total. The van der Waals surface area contributed by atoms with Gasteiger partial charge in [-0.3, -0.25) is 4.79 Å². The normalized spacial score (nSPS) is 16.4. The van der Waals surface area contributed by atoms with Gasteiger partial charge in [-0.15, -0.1) is 0 Å². The van der Waals surface area contributed by atoms with Gasteiger partial charge in [-0.05, 0) is 100 Å². The van der Waals surface area contributed by atoms with Gasteiger partial charge in [0.2, 0.25) is 5.71 Å². The summed E-state index contributed by atoms with van der Waals surface area (Å²) in [5.41, 5.74) is 4.95. The third kappa shape index (κ3) is 7.41. The summed E-state index contributed by atoms with van der Waals surface area (Å²) in [4.78, 5) is 13.5. The summed E-state index contributed by atoms with van der Waals surface area (Å²) in [6, 6.07) is 10.2. The Balaban J connectivity index is 0.000000177. The Hall–Kier alpha value is -3.24. The van der Waals surface area contributed by atoms with Crippen LogP contribution >= 0.6 is 11.6 Å². The second-order valence-electron chi connectivity index (χ2n) is 9.41. The molecule has 2 fully saturated rings. The molecule has 1 aliphatic carbocycles. The molecule has 1 aromatic heterocycles. The molecule has 2 heterocycles. The number of alkyl halides is 3. The zero-order chi connectivity index (χ0) is 27.3. The molecule has 0 atom stereocenters. The van der Waals surface area contributed by atoms with Crippen LogP contribution in [0.3, 0.4) is 0 Å². The molecule has 0 unspecified atom stereocenters. The third-order valence-corrected chi connectivity index (χ3v) is 6.66. The van der Waals surface area contributed by atoms with Crippen LogP contribution in [0.5, 0.6) is 5.75 Å². The van der Waals surface area contributed by atoms with Crippen molar-refractivity contribution in [2.45, 2.75) is 50.8 Å². The number of hydrogen-bond acceptors (Lipinski definition) is 6. The molecule has 204 valence electrons. The fourth-order valence-electron chi connectivity index (χ4n) is 4.23. The van der Waals surface area contributed by atoms with Crippen LogP contribution in [0.2, 0.25) is 5.02 Å². The SMILES string of the molecule is Clc1cc(CCCN2CCCC2)ccc1OC1CC1.NC(=O)/C(=N/O)c1cc2cc(C(F)(F)F)ccc2o1. The minimum absolute atomic E-state index is 0.116. The predicted octanol–water partition coefficient (Wildman–Crippen LogP) is 6.02. The first-order chi connectivity index (χ1) is 18.1. The zero-order valence-electron chi connectivity index (χ0n) is 20.6. The monoisotopic (exact) mass is 551 g/mol. The number of carbonyl (C=O) groups is 1. The average molecular weight is 552 g/mol. The van der Waals surface area contributed by atoms with Gasteiger partial charge in [0.1, 0.15) is 11.3 Å². The van der Waals surface area contributed by atoms with Crippen LogP contribution in [0.15, 0.2) is 52.0 Å². The lowest BCUT2D eigenvalue weighted by Gasteiger charge is -2.14. The molecule has 3 aromatic rings. The van der Waals surface area contributed by atoms with Crippen molar-refractivity contribution in [3.05, 3.63) is 64.4 Å². The third-order valence-electron chi connectivity index (χ3n) is 6.36. The molecule has 1 saturated heterocycles. The number of nitrogens with zero attached hydrogens (tertiary/aromatic N) is 2. The number of oxime groups is 1. The van der Waals surface area contributed by atoms with Crippen LogP contribution in [-0.2, 0) is 17.4 Å². The minimum atomic E-state index is -4.48. The average Bonchev–Trinajstić information content (AvgIpc) is 3.34. The first kappa shape index (κ1) is 27.8. The first-order valence-electron chi connectivity index (χ1n) is 12.4. The minimum Gasteiger partial charge on any atom is -0.489 e. The van der Waals surface area contributed by atoms with E-state index >= 15 is 0 Å². The molecular formula is C27H29ClF3N3O4. The second-order valence-corrected chi connectivity index (χ2v) is 9.82. The maximum Gasteiger partial charge on any atom is 0.416 e. The Bertz CT molecular complexity index is 1300. The van der Waals surface area contributed by atoms with E-state index in [0.717, 1.165) is 41.5 Å². The number of rotatable bonds is 8. The number of ether oxygens (including phenoxy) is 1. The van der Waals surface area contributed by atoms with Crippen LogP contribution in [-0.4, -0.2) is 47.5 Å². The lowest BCUT2D eigenvalue weighted by Crippen LogP contribution is -2.23. The number of nitrogens with two attached hydrogens (primary N) is 1. The molecule has 11 heteroatoms. The number of benzene rings is 2. The number of furan rings is 1. The summed E-state index contributed by atoms with van der Waals surface area (Å²) in [5.74, 6) is -0.408. The van der Waals surface area contributed by atoms with Gasteiger partial charge in [0.25, 0.3) is 5.91 Å². The number of halogens is 4. The van der Waals surface area contributed by atoms with Gasteiger partial charge in [-0.2, -0.15) is 13.2 Å². The quantitative estimate of drug-likeness (QED) is 0.202. The summed E-state index contributed by atoms with van der Waals surface area (Å²) in [6.07, 6.45) is 3.36. The largest absolute Gasteiger partial charge is 0.489 e.